The summed E-state index contributed by atoms with van der Waals surface area (Å²) in [6, 6.07) is 5.93. The number of carbonyl (C=O) groups is 3. The van der Waals surface area contributed by atoms with Crippen molar-refractivity contribution in [1.29, 1.82) is 0 Å². The lowest BCUT2D eigenvalue weighted by Gasteiger charge is -2.14. The first kappa shape index (κ1) is 19.1. The summed E-state index contributed by atoms with van der Waals surface area (Å²) in [5, 5.41) is 12.0. The summed E-state index contributed by atoms with van der Waals surface area (Å²) in [4.78, 5) is 35.7. The molecule has 2 amide bonds. The number of nitrogens with one attached hydrogen (secondary N) is 2. The molecule has 2 aromatic rings. The fourth-order valence-electron chi connectivity index (χ4n) is 3.66. The van der Waals surface area contributed by atoms with Crippen molar-refractivity contribution in [2.45, 2.75) is 51.5 Å². The van der Waals surface area contributed by atoms with E-state index in [-0.39, 0.29) is 12.3 Å². The number of hydrogen-bond acceptors (Lipinski definition) is 4. The maximum absolute atomic E-state index is 12.6. The van der Waals surface area contributed by atoms with Crippen LogP contribution in [0.5, 0.6) is 0 Å². The first-order valence-corrected chi connectivity index (χ1v) is 9.48. The Balaban J connectivity index is 1.50. The summed E-state index contributed by atoms with van der Waals surface area (Å²) in [6.45, 7) is 1.30. The smallest absolute Gasteiger partial charge is 0.292 e. The number of unbranched alkanes of at least 4 members (excludes halogenated alkanes) is 3. The minimum absolute atomic E-state index is 0.285. The monoisotopic (exact) mass is 371 g/mol. The number of aromatic nitrogens is 1. The first-order valence-electron chi connectivity index (χ1n) is 9.48. The highest BCUT2D eigenvalue weighted by molar-refractivity contribution is 6.45. The summed E-state index contributed by atoms with van der Waals surface area (Å²) in [5.41, 5.74) is 4.38. The van der Waals surface area contributed by atoms with Crippen LogP contribution in [0.4, 0.5) is 0 Å². The van der Waals surface area contributed by atoms with Gasteiger partial charge in [-0.1, -0.05) is 31.0 Å². The van der Waals surface area contributed by atoms with Crippen LogP contribution in [0.2, 0.25) is 0 Å². The van der Waals surface area contributed by atoms with Gasteiger partial charge in [-0.15, -0.1) is 0 Å². The van der Waals surface area contributed by atoms with Gasteiger partial charge in [0.05, 0.1) is 11.1 Å². The van der Waals surface area contributed by atoms with Gasteiger partial charge in [-0.3, -0.25) is 19.6 Å². The topological polar surface area (TPSA) is 100 Å². The van der Waals surface area contributed by atoms with E-state index in [1.165, 1.54) is 5.56 Å². The number of hydrogen-bond donors (Lipinski definition) is 3. The molecule has 1 aliphatic rings. The summed E-state index contributed by atoms with van der Waals surface area (Å²) in [6.07, 6.45) is 7.23. The second-order valence-corrected chi connectivity index (χ2v) is 6.94. The summed E-state index contributed by atoms with van der Waals surface area (Å²) in [7, 11) is 0. The molecule has 144 valence electrons. The molecule has 0 fully saturated rings. The Kier molecular flexibility index (Phi) is 6.24. The van der Waals surface area contributed by atoms with Crippen LogP contribution >= 0.6 is 0 Å². The van der Waals surface area contributed by atoms with Gasteiger partial charge in [0.15, 0.2) is 0 Å². The second-order valence-electron chi connectivity index (χ2n) is 6.94. The third kappa shape index (κ3) is 4.36. The summed E-state index contributed by atoms with van der Waals surface area (Å²) >= 11 is 0. The molecule has 0 saturated heterocycles. The molecule has 0 saturated carbocycles. The molecule has 0 aliphatic carbocycles. The van der Waals surface area contributed by atoms with Gasteiger partial charge in [-0.05, 0) is 31.2 Å². The lowest BCUT2D eigenvalue weighted by molar-refractivity contribution is -0.129. The van der Waals surface area contributed by atoms with Crippen LogP contribution in [0.15, 0.2) is 24.4 Å². The van der Waals surface area contributed by atoms with E-state index >= 15 is 0 Å². The van der Waals surface area contributed by atoms with Crippen LogP contribution in [0.3, 0.4) is 0 Å². The lowest BCUT2D eigenvalue weighted by Crippen LogP contribution is -2.31. The molecule has 1 aliphatic heterocycles. The highest BCUT2D eigenvalue weighted by Crippen LogP contribution is 2.29. The Labute approximate surface area is 157 Å². The van der Waals surface area contributed by atoms with E-state index in [0.717, 1.165) is 49.6 Å². The standard InChI is InChI=1S/C20H25N3O4/c24-17(22-27)10-3-1-2-4-11-21-20(26)19(25)16-13-23-12-6-8-14-7-5-9-15(16)18(14)23/h5,7,9,13,27H,1-4,6,8,10-12H2,(H,21,26)(H,22,24). The zero-order chi connectivity index (χ0) is 19.2. The third-order valence-corrected chi connectivity index (χ3v) is 5.02. The van der Waals surface area contributed by atoms with Crippen molar-refractivity contribution in [3.8, 4) is 0 Å². The number of hydroxylamine groups is 1. The number of Topliss-reactive ketones (excluding diaryl/α,β-unsaturated/α-hetero) is 1. The fourth-order valence-corrected chi connectivity index (χ4v) is 3.66. The van der Waals surface area contributed by atoms with Gasteiger partial charge in [0.2, 0.25) is 5.91 Å². The zero-order valence-electron chi connectivity index (χ0n) is 15.3. The van der Waals surface area contributed by atoms with Crippen molar-refractivity contribution in [3.63, 3.8) is 0 Å². The first-order chi connectivity index (χ1) is 13.1. The SMILES string of the molecule is O=C(CCCCCCNC(=O)C(=O)c1cn2c3c(cccc13)CCC2)NO. The molecule has 0 spiro atoms. The number of para-hydroxylation sites is 1. The molecular weight excluding hydrogens is 346 g/mol. The number of nitrogens with zero attached hydrogens (tertiary/aromatic N) is 1. The average Bonchev–Trinajstić information content (AvgIpc) is 3.07. The van der Waals surface area contributed by atoms with E-state index in [2.05, 4.69) is 16.0 Å². The van der Waals surface area contributed by atoms with Crippen LogP contribution in [0, 0.1) is 0 Å². The van der Waals surface area contributed by atoms with Gasteiger partial charge >= 0.3 is 0 Å². The summed E-state index contributed by atoms with van der Waals surface area (Å²) < 4.78 is 2.08. The number of aryl methyl sites for hydroxylation is 2. The molecular formula is C20H25N3O4. The number of amides is 2. The van der Waals surface area contributed by atoms with Crippen LogP contribution in [-0.4, -0.2) is 33.9 Å². The van der Waals surface area contributed by atoms with Crippen molar-refractivity contribution in [2.75, 3.05) is 6.54 Å². The number of rotatable bonds is 9. The molecule has 0 unspecified atom stereocenters. The van der Waals surface area contributed by atoms with Crippen molar-refractivity contribution in [2.24, 2.45) is 0 Å². The molecule has 0 radical (unpaired) electrons. The van der Waals surface area contributed by atoms with Crippen LogP contribution < -0.4 is 10.8 Å². The van der Waals surface area contributed by atoms with E-state index in [1.807, 2.05) is 12.1 Å². The predicted octanol–water partition coefficient (Wildman–Crippen LogP) is 2.34. The van der Waals surface area contributed by atoms with E-state index in [1.54, 1.807) is 11.7 Å². The Morgan fingerprint density at radius 2 is 1.93 bits per heavy atom. The molecule has 3 rings (SSSR count). The van der Waals surface area contributed by atoms with Gasteiger partial charge in [0.25, 0.3) is 11.7 Å². The maximum atomic E-state index is 12.6. The highest BCUT2D eigenvalue weighted by atomic mass is 16.5. The van der Waals surface area contributed by atoms with Crippen molar-refractivity contribution in [1.82, 2.24) is 15.4 Å². The van der Waals surface area contributed by atoms with Crippen LogP contribution in [-0.2, 0) is 22.6 Å². The molecule has 7 heteroatoms. The summed E-state index contributed by atoms with van der Waals surface area (Å²) in [5.74, 6) is -1.45. The van der Waals surface area contributed by atoms with Crippen molar-refractivity contribution in [3.05, 3.63) is 35.5 Å². The fraction of sp³-hybridized carbons (Fsp3) is 0.450. The Morgan fingerprint density at radius 3 is 2.74 bits per heavy atom. The van der Waals surface area contributed by atoms with Crippen molar-refractivity contribution >= 4 is 28.5 Å². The Bertz CT molecular complexity index is 856. The van der Waals surface area contributed by atoms with Gasteiger partial charge < -0.3 is 9.88 Å². The van der Waals surface area contributed by atoms with E-state index < -0.39 is 11.7 Å². The molecule has 1 aromatic heterocycles. The zero-order valence-corrected chi connectivity index (χ0v) is 15.3. The quantitative estimate of drug-likeness (QED) is 0.207. The molecule has 0 atom stereocenters. The van der Waals surface area contributed by atoms with E-state index in [4.69, 9.17) is 5.21 Å². The highest BCUT2D eigenvalue weighted by Gasteiger charge is 2.23. The molecule has 7 nitrogen and oxygen atoms in total. The predicted molar refractivity (Wildman–Crippen MR) is 101 cm³/mol. The molecule has 2 heterocycles. The molecule has 0 bridgehead atoms. The van der Waals surface area contributed by atoms with Crippen LogP contribution in [0.25, 0.3) is 10.9 Å². The van der Waals surface area contributed by atoms with Gasteiger partial charge in [0.1, 0.15) is 0 Å². The normalized spacial score (nSPS) is 12.8. The maximum Gasteiger partial charge on any atom is 0.292 e. The van der Waals surface area contributed by atoms with Gasteiger partial charge in [-0.2, -0.15) is 0 Å². The van der Waals surface area contributed by atoms with Gasteiger partial charge in [0, 0.05) is 31.1 Å². The second kappa shape index (κ2) is 8.81. The number of benzene rings is 1. The third-order valence-electron chi connectivity index (χ3n) is 5.02. The van der Waals surface area contributed by atoms with Crippen molar-refractivity contribution < 1.29 is 19.6 Å². The minimum atomic E-state index is -0.571. The molecule has 3 N–H and O–H groups in total. The van der Waals surface area contributed by atoms with Gasteiger partial charge in [-0.25, -0.2) is 5.48 Å². The Morgan fingerprint density at radius 1 is 1.11 bits per heavy atom. The average molecular weight is 371 g/mol. The molecule has 1 aromatic carbocycles. The number of ketones is 1. The largest absolute Gasteiger partial charge is 0.349 e. The minimum Gasteiger partial charge on any atom is -0.349 e. The van der Waals surface area contributed by atoms with Crippen LogP contribution in [0.1, 0.15) is 54.4 Å². The van der Waals surface area contributed by atoms with E-state index in [9.17, 15) is 14.4 Å². The lowest BCUT2D eigenvalue weighted by atomic mass is 10.0. The molecule has 27 heavy (non-hydrogen) atoms. The Hall–Kier alpha value is -2.67. The van der Waals surface area contributed by atoms with E-state index in [0.29, 0.717) is 18.5 Å². The number of carbonyl (C=O) groups excluding carboxylic acids is 3.